The highest BCUT2D eigenvalue weighted by atomic mass is 16.1. The standard InChI is InChI=1S/C10H15N3O/c1-7(2)9(10(11)14)13-8-3-5-12-6-4-8/h3-7,9H,1-2H3,(H2,11,14)(H,12,13). The fraction of sp³-hybridized carbons (Fsp3) is 0.400. The molecule has 0 aromatic carbocycles. The molecule has 0 spiro atoms. The molecule has 0 aliphatic carbocycles. The second-order valence-corrected chi connectivity index (χ2v) is 3.50. The van der Waals surface area contributed by atoms with E-state index >= 15 is 0 Å². The van der Waals surface area contributed by atoms with Gasteiger partial charge in [-0.3, -0.25) is 9.78 Å². The maximum atomic E-state index is 11.1. The summed E-state index contributed by atoms with van der Waals surface area (Å²) in [6, 6.07) is 3.27. The molecule has 1 atom stereocenters. The predicted octanol–water partition coefficient (Wildman–Crippen LogP) is 1.00. The minimum atomic E-state index is -0.336. The molecule has 0 radical (unpaired) electrons. The van der Waals surface area contributed by atoms with Crippen LogP contribution < -0.4 is 11.1 Å². The average Bonchev–Trinajstić information content (AvgIpc) is 2.15. The van der Waals surface area contributed by atoms with Crippen LogP contribution in [0.25, 0.3) is 0 Å². The number of primary amides is 1. The van der Waals surface area contributed by atoms with Gasteiger partial charge < -0.3 is 11.1 Å². The van der Waals surface area contributed by atoms with E-state index in [9.17, 15) is 4.79 Å². The minimum absolute atomic E-state index is 0.167. The molecular weight excluding hydrogens is 178 g/mol. The van der Waals surface area contributed by atoms with E-state index in [0.29, 0.717) is 0 Å². The molecule has 4 heteroatoms. The minimum Gasteiger partial charge on any atom is -0.373 e. The van der Waals surface area contributed by atoms with E-state index in [1.54, 1.807) is 24.5 Å². The normalized spacial score (nSPS) is 12.5. The molecule has 1 aromatic heterocycles. The lowest BCUT2D eigenvalue weighted by Gasteiger charge is -2.19. The number of carbonyl (C=O) groups excluding carboxylic acids is 1. The zero-order valence-electron chi connectivity index (χ0n) is 8.40. The smallest absolute Gasteiger partial charge is 0.240 e. The first-order valence-electron chi connectivity index (χ1n) is 4.57. The van der Waals surface area contributed by atoms with E-state index in [1.807, 2.05) is 13.8 Å². The van der Waals surface area contributed by atoms with Gasteiger partial charge in [0, 0.05) is 18.1 Å². The van der Waals surface area contributed by atoms with Crippen molar-refractivity contribution in [1.82, 2.24) is 4.98 Å². The fourth-order valence-corrected chi connectivity index (χ4v) is 1.19. The van der Waals surface area contributed by atoms with Crippen LogP contribution in [0.1, 0.15) is 13.8 Å². The Morgan fingerprint density at radius 3 is 2.43 bits per heavy atom. The lowest BCUT2D eigenvalue weighted by atomic mass is 10.0. The lowest BCUT2D eigenvalue weighted by Crippen LogP contribution is -2.39. The molecule has 0 saturated heterocycles. The number of carbonyl (C=O) groups is 1. The SMILES string of the molecule is CC(C)C(Nc1ccncc1)C(N)=O. The number of hydrogen-bond acceptors (Lipinski definition) is 3. The summed E-state index contributed by atoms with van der Waals surface area (Å²) in [6.07, 6.45) is 3.33. The van der Waals surface area contributed by atoms with Crippen molar-refractivity contribution in [3.8, 4) is 0 Å². The maximum absolute atomic E-state index is 11.1. The van der Waals surface area contributed by atoms with Gasteiger partial charge in [0.15, 0.2) is 0 Å². The fourth-order valence-electron chi connectivity index (χ4n) is 1.19. The van der Waals surface area contributed by atoms with Crippen LogP contribution in [0.5, 0.6) is 0 Å². The van der Waals surface area contributed by atoms with Gasteiger partial charge in [0.05, 0.1) is 0 Å². The summed E-state index contributed by atoms with van der Waals surface area (Å²) in [5.74, 6) is -0.169. The third-order valence-corrected chi connectivity index (χ3v) is 1.98. The Morgan fingerprint density at radius 1 is 1.43 bits per heavy atom. The van der Waals surface area contributed by atoms with Crippen molar-refractivity contribution in [3.05, 3.63) is 24.5 Å². The Kier molecular flexibility index (Phi) is 3.45. The monoisotopic (exact) mass is 193 g/mol. The number of nitrogens with two attached hydrogens (primary N) is 1. The molecule has 1 unspecified atom stereocenters. The summed E-state index contributed by atoms with van der Waals surface area (Å²) in [5.41, 5.74) is 6.13. The number of nitrogens with one attached hydrogen (secondary N) is 1. The summed E-state index contributed by atoms with van der Waals surface area (Å²) in [6.45, 7) is 3.90. The highest BCUT2D eigenvalue weighted by molar-refractivity contribution is 5.83. The van der Waals surface area contributed by atoms with Crippen molar-refractivity contribution in [2.75, 3.05) is 5.32 Å². The first kappa shape index (κ1) is 10.5. The lowest BCUT2D eigenvalue weighted by molar-refractivity contribution is -0.119. The van der Waals surface area contributed by atoms with E-state index in [1.165, 1.54) is 0 Å². The Morgan fingerprint density at radius 2 is 2.00 bits per heavy atom. The third-order valence-electron chi connectivity index (χ3n) is 1.98. The molecule has 4 nitrogen and oxygen atoms in total. The summed E-state index contributed by atoms with van der Waals surface area (Å²) >= 11 is 0. The van der Waals surface area contributed by atoms with Gasteiger partial charge >= 0.3 is 0 Å². The van der Waals surface area contributed by atoms with Crippen LogP contribution in [-0.4, -0.2) is 16.9 Å². The molecule has 1 rings (SSSR count). The Balaban J connectivity index is 2.70. The number of aromatic nitrogens is 1. The first-order valence-corrected chi connectivity index (χ1v) is 4.57. The molecule has 1 aromatic rings. The topological polar surface area (TPSA) is 68.0 Å². The van der Waals surface area contributed by atoms with Gasteiger partial charge in [0.2, 0.25) is 5.91 Å². The van der Waals surface area contributed by atoms with E-state index in [4.69, 9.17) is 5.73 Å². The van der Waals surface area contributed by atoms with Gasteiger partial charge in [-0.2, -0.15) is 0 Å². The quantitative estimate of drug-likeness (QED) is 0.749. The Bertz CT molecular complexity index is 297. The van der Waals surface area contributed by atoms with Gasteiger partial charge in [-0.1, -0.05) is 13.8 Å². The Labute approximate surface area is 83.5 Å². The number of pyridine rings is 1. The van der Waals surface area contributed by atoms with Crippen molar-refractivity contribution in [2.45, 2.75) is 19.9 Å². The number of amides is 1. The summed E-state index contributed by atoms with van der Waals surface area (Å²) in [5, 5.41) is 3.06. The molecule has 0 bridgehead atoms. The summed E-state index contributed by atoms with van der Waals surface area (Å²) in [7, 11) is 0. The second-order valence-electron chi connectivity index (χ2n) is 3.50. The number of hydrogen-bond donors (Lipinski definition) is 2. The summed E-state index contributed by atoms with van der Waals surface area (Å²) < 4.78 is 0. The van der Waals surface area contributed by atoms with Gasteiger partial charge in [-0.15, -0.1) is 0 Å². The molecule has 0 aliphatic rings. The highest BCUT2D eigenvalue weighted by Gasteiger charge is 2.18. The molecular formula is C10H15N3O. The third kappa shape index (κ3) is 2.73. The molecule has 14 heavy (non-hydrogen) atoms. The van der Waals surface area contributed by atoms with Crippen molar-refractivity contribution in [2.24, 2.45) is 11.7 Å². The van der Waals surface area contributed by atoms with Gasteiger partial charge in [-0.25, -0.2) is 0 Å². The van der Waals surface area contributed by atoms with Crippen molar-refractivity contribution >= 4 is 11.6 Å². The van der Waals surface area contributed by atoms with Gasteiger partial charge in [0.25, 0.3) is 0 Å². The van der Waals surface area contributed by atoms with Crippen LogP contribution in [0.4, 0.5) is 5.69 Å². The van der Waals surface area contributed by atoms with Crippen molar-refractivity contribution in [1.29, 1.82) is 0 Å². The van der Waals surface area contributed by atoms with Crippen LogP contribution >= 0.6 is 0 Å². The van der Waals surface area contributed by atoms with E-state index in [-0.39, 0.29) is 17.9 Å². The Hall–Kier alpha value is -1.58. The number of anilines is 1. The molecule has 0 aliphatic heterocycles. The van der Waals surface area contributed by atoms with Gasteiger partial charge in [-0.05, 0) is 18.1 Å². The van der Waals surface area contributed by atoms with Crippen LogP contribution in [0, 0.1) is 5.92 Å². The molecule has 1 heterocycles. The highest BCUT2D eigenvalue weighted by Crippen LogP contribution is 2.10. The molecule has 1 amide bonds. The van der Waals surface area contributed by atoms with Crippen molar-refractivity contribution in [3.63, 3.8) is 0 Å². The van der Waals surface area contributed by atoms with Crippen LogP contribution in [0.15, 0.2) is 24.5 Å². The maximum Gasteiger partial charge on any atom is 0.240 e. The van der Waals surface area contributed by atoms with E-state index in [2.05, 4.69) is 10.3 Å². The van der Waals surface area contributed by atoms with E-state index < -0.39 is 0 Å². The van der Waals surface area contributed by atoms with Crippen LogP contribution in [0.2, 0.25) is 0 Å². The second kappa shape index (κ2) is 4.60. The average molecular weight is 193 g/mol. The van der Waals surface area contributed by atoms with Gasteiger partial charge in [0.1, 0.15) is 6.04 Å². The largest absolute Gasteiger partial charge is 0.373 e. The van der Waals surface area contributed by atoms with E-state index in [0.717, 1.165) is 5.69 Å². The summed E-state index contributed by atoms with van der Waals surface area (Å²) in [4.78, 5) is 15.0. The number of rotatable bonds is 4. The molecule has 76 valence electrons. The van der Waals surface area contributed by atoms with Crippen LogP contribution in [-0.2, 0) is 4.79 Å². The number of nitrogens with zero attached hydrogens (tertiary/aromatic N) is 1. The molecule has 3 N–H and O–H groups in total. The zero-order chi connectivity index (χ0) is 10.6. The first-order chi connectivity index (χ1) is 6.61. The predicted molar refractivity (Wildman–Crippen MR) is 55.7 cm³/mol. The van der Waals surface area contributed by atoms with Crippen molar-refractivity contribution < 1.29 is 4.79 Å². The molecule has 0 fully saturated rings. The van der Waals surface area contributed by atoms with Crippen LogP contribution in [0.3, 0.4) is 0 Å². The molecule has 0 saturated carbocycles. The zero-order valence-corrected chi connectivity index (χ0v) is 8.40.